The van der Waals surface area contributed by atoms with Crippen molar-refractivity contribution in [3.8, 4) is 5.75 Å². The predicted octanol–water partition coefficient (Wildman–Crippen LogP) is 0.295. The molecule has 1 heterocycles. The quantitative estimate of drug-likeness (QED) is 0.836. The molecule has 0 bridgehead atoms. The number of hydrogen-bond donors (Lipinski definition) is 2. The van der Waals surface area contributed by atoms with Crippen molar-refractivity contribution >= 4 is 11.8 Å². The van der Waals surface area contributed by atoms with Crippen molar-refractivity contribution in [3.05, 3.63) is 29.8 Å². The van der Waals surface area contributed by atoms with Crippen LogP contribution in [0.15, 0.2) is 24.3 Å². The average molecular weight is 292 g/mol. The second-order valence-corrected chi connectivity index (χ2v) is 4.99. The molecule has 2 rings (SSSR count). The molecule has 0 saturated carbocycles. The number of hydrogen-bond acceptors (Lipinski definition) is 4. The van der Waals surface area contributed by atoms with E-state index in [2.05, 4.69) is 5.32 Å². The number of ether oxygens (including phenoxy) is 1. The number of benzene rings is 1. The lowest BCUT2D eigenvalue weighted by Gasteiger charge is -2.24. The highest BCUT2D eigenvalue weighted by atomic mass is 16.5. The van der Waals surface area contributed by atoms with Gasteiger partial charge in [0.05, 0.1) is 6.61 Å². The first-order chi connectivity index (χ1) is 10.1. The Labute approximate surface area is 123 Å². The zero-order valence-electron chi connectivity index (χ0n) is 12.0. The molecule has 1 unspecified atom stereocenters. The SMILES string of the molecule is CC(Oc1cccc(CO)c1)C(=O)N1CCNC(=O)CC1. The number of amides is 2. The number of nitrogens with one attached hydrogen (secondary N) is 1. The van der Waals surface area contributed by atoms with Gasteiger partial charge in [-0.2, -0.15) is 0 Å². The number of carbonyl (C=O) groups is 2. The molecular weight excluding hydrogens is 272 g/mol. The Bertz CT molecular complexity index is 518. The maximum absolute atomic E-state index is 12.3. The third-order valence-electron chi connectivity index (χ3n) is 3.37. The summed E-state index contributed by atoms with van der Waals surface area (Å²) < 4.78 is 5.63. The number of rotatable bonds is 4. The number of aliphatic hydroxyl groups is 1. The van der Waals surface area contributed by atoms with Crippen molar-refractivity contribution in [1.82, 2.24) is 10.2 Å². The van der Waals surface area contributed by atoms with E-state index in [-0.39, 0.29) is 18.4 Å². The first-order valence-electron chi connectivity index (χ1n) is 7.02. The Morgan fingerprint density at radius 1 is 1.48 bits per heavy atom. The van der Waals surface area contributed by atoms with Gasteiger partial charge in [-0.25, -0.2) is 0 Å². The van der Waals surface area contributed by atoms with E-state index in [1.165, 1.54) is 0 Å². The Morgan fingerprint density at radius 2 is 2.29 bits per heavy atom. The molecule has 0 radical (unpaired) electrons. The van der Waals surface area contributed by atoms with Crippen molar-refractivity contribution < 1.29 is 19.4 Å². The van der Waals surface area contributed by atoms with Crippen LogP contribution in [-0.2, 0) is 16.2 Å². The predicted molar refractivity (Wildman–Crippen MR) is 76.7 cm³/mol. The minimum atomic E-state index is -0.632. The van der Waals surface area contributed by atoms with Crippen LogP contribution in [0.5, 0.6) is 5.75 Å². The summed E-state index contributed by atoms with van der Waals surface area (Å²) in [7, 11) is 0. The van der Waals surface area contributed by atoms with Gasteiger partial charge in [0.15, 0.2) is 6.10 Å². The van der Waals surface area contributed by atoms with Crippen LogP contribution in [0.3, 0.4) is 0 Å². The third-order valence-corrected chi connectivity index (χ3v) is 3.37. The fourth-order valence-electron chi connectivity index (χ4n) is 2.22. The summed E-state index contributed by atoms with van der Waals surface area (Å²) in [6.07, 6.45) is -0.314. The topological polar surface area (TPSA) is 78.9 Å². The molecular formula is C15H20N2O4. The van der Waals surface area contributed by atoms with Crippen molar-refractivity contribution in [3.63, 3.8) is 0 Å². The standard InChI is InChI=1S/C15H20N2O4/c1-11(21-13-4-2-3-12(9-13)10-18)15(20)17-7-5-14(19)16-6-8-17/h2-4,9,11,18H,5-8,10H2,1H3,(H,16,19). The second-order valence-electron chi connectivity index (χ2n) is 4.99. The number of aliphatic hydroxyl groups excluding tert-OH is 1. The first-order valence-corrected chi connectivity index (χ1v) is 7.02. The van der Waals surface area contributed by atoms with Crippen LogP contribution in [0.2, 0.25) is 0 Å². The van der Waals surface area contributed by atoms with E-state index in [0.717, 1.165) is 5.56 Å². The van der Waals surface area contributed by atoms with Crippen LogP contribution in [0.25, 0.3) is 0 Å². The van der Waals surface area contributed by atoms with E-state index in [4.69, 9.17) is 9.84 Å². The number of nitrogens with zero attached hydrogens (tertiary/aromatic N) is 1. The van der Waals surface area contributed by atoms with Crippen LogP contribution < -0.4 is 10.1 Å². The molecule has 1 aliphatic heterocycles. The lowest BCUT2D eigenvalue weighted by atomic mass is 10.2. The third kappa shape index (κ3) is 4.19. The average Bonchev–Trinajstić information content (AvgIpc) is 2.71. The van der Waals surface area contributed by atoms with Crippen molar-refractivity contribution in [2.45, 2.75) is 26.1 Å². The van der Waals surface area contributed by atoms with E-state index in [0.29, 0.717) is 31.8 Å². The maximum Gasteiger partial charge on any atom is 0.263 e. The van der Waals surface area contributed by atoms with Crippen molar-refractivity contribution in [2.24, 2.45) is 0 Å². The minimum absolute atomic E-state index is 0.0329. The lowest BCUT2D eigenvalue weighted by molar-refractivity contribution is -0.137. The molecule has 6 heteroatoms. The Kier molecular flexibility index (Phi) is 5.16. The van der Waals surface area contributed by atoms with Crippen LogP contribution >= 0.6 is 0 Å². The van der Waals surface area contributed by atoms with E-state index in [1.807, 2.05) is 0 Å². The molecule has 0 aromatic heterocycles. The van der Waals surface area contributed by atoms with Gasteiger partial charge in [-0.1, -0.05) is 12.1 Å². The van der Waals surface area contributed by atoms with Crippen LogP contribution in [0.4, 0.5) is 0 Å². The summed E-state index contributed by atoms with van der Waals surface area (Å²) in [6.45, 7) is 2.99. The van der Waals surface area contributed by atoms with Crippen LogP contribution in [0, 0.1) is 0 Å². The molecule has 21 heavy (non-hydrogen) atoms. The highest BCUT2D eigenvalue weighted by Gasteiger charge is 2.24. The largest absolute Gasteiger partial charge is 0.481 e. The fourth-order valence-corrected chi connectivity index (χ4v) is 2.22. The molecule has 1 aliphatic rings. The molecule has 1 aromatic rings. The summed E-state index contributed by atoms with van der Waals surface area (Å²) >= 11 is 0. The van der Waals surface area contributed by atoms with E-state index in [1.54, 1.807) is 36.1 Å². The summed E-state index contributed by atoms with van der Waals surface area (Å²) in [6, 6.07) is 7.01. The highest BCUT2D eigenvalue weighted by Crippen LogP contribution is 2.16. The van der Waals surface area contributed by atoms with Gasteiger partial charge in [-0.15, -0.1) is 0 Å². The Balaban J connectivity index is 1.96. The molecule has 114 valence electrons. The fraction of sp³-hybridized carbons (Fsp3) is 0.467. The molecule has 1 aromatic carbocycles. The normalized spacial score (nSPS) is 16.9. The van der Waals surface area contributed by atoms with Gasteiger partial charge >= 0.3 is 0 Å². The first kappa shape index (κ1) is 15.3. The molecule has 0 spiro atoms. The molecule has 0 aliphatic carbocycles. The molecule has 2 amide bonds. The lowest BCUT2D eigenvalue weighted by Crippen LogP contribution is -2.42. The number of carbonyl (C=O) groups excluding carboxylic acids is 2. The maximum atomic E-state index is 12.3. The summed E-state index contributed by atoms with van der Waals surface area (Å²) in [5.41, 5.74) is 0.733. The van der Waals surface area contributed by atoms with Crippen molar-refractivity contribution in [2.75, 3.05) is 19.6 Å². The van der Waals surface area contributed by atoms with E-state index in [9.17, 15) is 9.59 Å². The zero-order chi connectivity index (χ0) is 15.2. The second kappa shape index (κ2) is 7.08. The molecule has 2 N–H and O–H groups in total. The molecule has 6 nitrogen and oxygen atoms in total. The monoisotopic (exact) mass is 292 g/mol. The van der Waals surface area contributed by atoms with Gasteiger partial charge in [0.2, 0.25) is 5.91 Å². The Hall–Kier alpha value is -2.08. The van der Waals surface area contributed by atoms with Gasteiger partial charge in [-0.3, -0.25) is 9.59 Å². The summed E-state index contributed by atoms with van der Waals surface area (Å²) in [4.78, 5) is 25.2. The van der Waals surface area contributed by atoms with Gasteiger partial charge in [0.1, 0.15) is 5.75 Å². The molecule has 1 atom stereocenters. The van der Waals surface area contributed by atoms with Crippen molar-refractivity contribution in [1.29, 1.82) is 0 Å². The van der Waals surface area contributed by atoms with Crippen LogP contribution in [0.1, 0.15) is 18.9 Å². The highest BCUT2D eigenvalue weighted by molar-refractivity contribution is 5.83. The summed E-state index contributed by atoms with van der Waals surface area (Å²) in [5.74, 6) is 0.377. The van der Waals surface area contributed by atoms with Gasteiger partial charge in [0, 0.05) is 26.1 Å². The van der Waals surface area contributed by atoms with Gasteiger partial charge in [0.25, 0.3) is 5.91 Å². The zero-order valence-corrected chi connectivity index (χ0v) is 12.0. The Morgan fingerprint density at radius 3 is 3.05 bits per heavy atom. The van der Waals surface area contributed by atoms with E-state index >= 15 is 0 Å². The van der Waals surface area contributed by atoms with Gasteiger partial charge in [-0.05, 0) is 24.6 Å². The molecule has 1 saturated heterocycles. The van der Waals surface area contributed by atoms with E-state index < -0.39 is 6.10 Å². The molecule has 1 fully saturated rings. The summed E-state index contributed by atoms with van der Waals surface area (Å²) in [5, 5.41) is 11.8. The van der Waals surface area contributed by atoms with Crippen LogP contribution in [-0.4, -0.2) is 47.6 Å². The minimum Gasteiger partial charge on any atom is -0.481 e. The smallest absolute Gasteiger partial charge is 0.263 e. The van der Waals surface area contributed by atoms with Gasteiger partial charge < -0.3 is 20.1 Å².